The lowest BCUT2D eigenvalue weighted by molar-refractivity contribution is -0.115. The predicted molar refractivity (Wildman–Crippen MR) is 61.0 cm³/mol. The minimum absolute atomic E-state index is 0.0634. The number of anilines is 1. The minimum atomic E-state index is 0.0634. The van der Waals surface area contributed by atoms with Crippen molar-refractivity contribution in [3.05, 3.63) is 34.4 Å². The fourth-order valence-corrected chi connectivity index (χ4v) is 2.38. The molecule has 2 aliphatic rings. The smallest absolute Gasteiger partial charge is 0.228 e. The van der Waals surface area contributed by atoms with Crippen molar-refractivity contribution in [1.29, 1.82) is 0 Å². The van der Waals surface area contributed by atoms with Crippen LogP contribution in [0.4, 0.5) is 5.69 Å². The number of hydrogen-bond donors (Lipinski definition) is 1. The topological polar surface area (TPSA) is 29.1 Å². The normalized spacial score (nSPS) is 17.9. The zero-order valence-corrected chi connectivity index (χ0v) is 8.90. The molecule has 1 aromatic carbocycles. The first-order valence-electron chi connectivity index (χ1n) is 5.06. The van der Waals surface area contributed by atoms with Crippen LogP contribution >= 0.6 is 11.6 Å². The molecule has 0 bridgehead atoms. The highest BCUT2D eigenvalue weighted by Gasteiger charge is 2.25. The summed E-state index contributed by atoms with van der Waals surface area (Å²) in [6, 6.07) is 3.81. The van der Waals surface area contributed by atoms with Crippen LogP contribution in [-0.2, 0) is 11.2 Å². The zero-order valence-electron chi connectivity index (χ0n) is 8.14. The van der Waals surface area contributed by atoms with Gasteiger partial charge < -0.3 is 5.32 Å². The molecule has 1 amide bonds. The maximum absolute atomic E-state index is 11.3. The number of amides is 1. The van der Waals surface area contributed by atoms with Crippen molar-refractivity contribution in [2.75, 3.05) is 5.32 Å². The van der Waals surface area contributed by atoms with Gasteiger partial charge in [-0.2, -0.15) is 0 Å². The second-order valence-corrected chi connectivity index (χ2v) is 4.36. The van der Waals surface area contributed by atoms with Crippen LogP contribution in [0.1, 0.15) is 24.0 Å². The van der Waals surface area contributed by atoms with E-state index >= 15 is 0 Å². The number of nitrogens with one attached hydrogen (secondary N) is 1. The van der Waals surface area contributed by atoms with E-state index < -0.39 is 0 Å². The Hall–Kier alpha value is -1.28. The largest absolute Gasteiger partial charge is 0.325 e. The maximum atomic E-state index is 11.3. The molecule has 76 valence electrons. The van der Waals surface area contributed by atoms with Gasteiger partial charge in [-0.1, -0.05) is 23.7 Å². The van der Waals surface area contributed by atoms with Gasteiger partial charge in [0.2, 0.25) is 5.91 Å². The number of hydrogen-bond acceptors (Lipinski definition) is 1. The Morgan fingerprint density at radius 3 is 2.80 bits per heavy atom. The van der Waals surface area contributed by atoms with Crippen molar-refractivity contribution in [3.8, 4) is 0 Å². The Balaban J connectivity index is 2.20. The number of carbonyl (C=O) groups excluding carboxylic acids is 1. The van der Waals surface area contributed by atoms with Gasteiger partial charge in [-0.05, 0) is 30.0 Å². The fraction of sp³-hybridized carbons (Fsp3) is 0.250. The molecule has 0 aromatic heterocycles. The lowest BCUT2D eigenvalue weighted by atomic mass is 9.89. The molecule has 0 saturated carbocycles. The van der Waals surface area contributed by atoms with Gasteiger partial charge in [-0.3, -0.25) is 4.79 Å². The molecule has 0 unspecified atom stereocenters. The van der Waals surface area contributed by atoms with Crippen molar-refractivity contribution in [2.24, 2.45) is 0 Å². The summed E-state index contributed by atoms with van der Waals surface area (Å²) in [4.78, 5) is 11.3. The van der Waals surface area contributed by atoms with Gasteiger partial charge in [-0.15, -0.1) is 0 Å². The molecule has 15 heavy (non-hydrogen) atoms. The van der Waals surface area contributed by atoms with Gasteiger partial charge >= 0.3 is 0 Å². The lowest BCUT2D eigenvalue weighted by Crippen LogP contribution is -2.06. The molecular weight excluding hydrogens is 210 g/mol. The molecular formula is C12H10ClNO. The third kappa shape index (κ3) is 1.29. The average Bonchev–Trinajstić information content (AvgIpc) is 2.48. The van der Waals surface area contributed by atoms with Crippen molar-refractivity contribution in [3.63, 3.8) is 0 Å². The van der Waals surface area contributed by atoms with E-state index in [4.69, 9.17) is 11.6 Å². The number of fused-ring (bicyclic) bond motifs is 1. The molecule has 0 atom stereocenters. The Morgan fingerprint density at radius 1 is 1.33 bits per heavy atom. The Labute approximate surface area is 92.9 Å². The molecule has 2 nitrogen and oxygen atoms in total. The fourth-order valence-electron chi connectivity index (χ4n) is 2.10. The summed E-state index contributed by atoms with van der Waals surface area (Å²) in [6.45, 7) is 0. The van der Waals surface area contributed by atoms with E-state index in [1.165, 1.54) is 5.57 Å². The summed E-state index contributed by atoms with van der Waals surface area (Å²) in [5.74, 6) is 0.0634. The quantitative estimate of drug-likeness (QED) is 0.773. The maximum Gasteiger partial charge on any atom is 0.228 e. The molecule has 0 fully saturated rings. The van der Waals surface area contributed by atoms with E-state index in [0.29, 0.717) is 6.42 Å². The standard InChI is InChI=1S/C12H10ClNO/c13-9-5-4-8-6-10(15)14-12(8)11(9)7-2-1-3-7/h2,4-5H,1,3,6H2,(H,14,15). The van der Waals surface area contributed by atoms with E-state index in [2.05, 4.69) is 11.4 Å². The summed E-state index contributed by atoms with van der Waals surface area (Å²) >= 11 is 6.17. The van der Waals surface area contributed by atoms with Crippen LogP contribution < -0.4 is 5.32 Å². The molecule has 3 heteroatoms. The van der Waals surface area contributed by atoms with Gasteiger partial charge in [0.25, 0.3) is 0 Å². The van der Waals surface area contributed by atoms with Crippen LogP contribution in [0.5, 0.6) is 0 Å². The zero-order chi connectivity index (χ0) is 10.4. The minimum Gasteiger partial charge on any atom is -0.325 e. The van der Waals surface area contributed by atoms with Crippen LogP contribution in [0.25, 0.3) is 5.57 Å². The van der Waals surface area contributed by atoms with Crippen LogP contribution in [0.3, 0.4) is 0 Å². The lowest BCUT2D eigenvalue weighted by Gasteiger charge is -2.19. The molecule has 0 saturated heterocycles. The Morgan fingerprint density at radius 2 is 2.13 bits per heavy atom. The van der Waals surface area contributed by atoms with E-state index in [-0.39, 0.29) is 5.91 Å². The average molecular weight is 220 g/mol. The van der Waals surface area contributed by atoms with Crippen LogP contribution in [0.15, 0.2) is 18.2 Å². The first kappa shape index (κ1) is 8.98. The number of rotatable bonds is 1. The predicted octanol–water partition coefficient (Wildman–Crippen LogP) is 3.01. The Bertz CT molecular complexity index is 491. The molecule has 1 heterocycles. The second-order valence-electron chi connectivity index (χ2n) is 3.95. The van der Waals surface area contributed by atoms with Gasteiger partial charge in [-0.25, -0.2) is 0 Å². The molecule has 1 aliphatic heterocycles. The highest BCUT2D eigenvalue weighted by atomic mass is 35.5. The molecule has 1 aromatic rings. The summed E-state index contributed by atoms with van der Waals surface area (Å²) in [5.41, 5.74) is 4.29. The van der Waals surface area contributed by atoms with Crippen LogP contribution in [0, 0.1) is 0 Å². The molecule has 3 rings (SSSR count). The number of allylic oxidation sites excluding steroid dienone is 2. The number of halogens is 1. The third-order valence-electron chi connectivity index (χ3n) is 2.98. The van der Waals surface area contributed by atoms with Gasteiger partial charge in [0.1, 0.15) is 0 Å². The summed E-state index contributed by atoms with van der Waals surface area (Å²) in [5, 5.41) is 3.63. The highest BCUT2D eigenvalue weighted by Crippen LogP contribution is 2.41. The molecule has 1 N–H and O–H groups in total. The number of benzene rings is 1. The van der Waals surface area contributed by atoms with Crippen LogP contribution in [-0.4, -0.2) is 5.91 Å². The monoisotopic (exact) mass is 219 g/mol. The Kier molecular flexibility index (Phi) is 1.86. The molecule has 0 spiro atoms. The summed E-state index contributed by atoms with van der Waals surface area (Å²) in [7, 11) is 0. The molecule has 0 radical (unpaired) electrons. The summed E-state index contributed by atoms with van der Waals surface area (Å²) < 4.78 is 0. The van der Waals surface area contributed by atoms with Crippen LogP contribution in [0.2, 0.25) is 5.02 Å². The third-order valence-corrected chi connectivity index (χ3v) is 3.30. The van der Waals surface area contributed by atoms with E-state index in [9.17, 15) is 4.79 Å². The van der Waals surface area contributed by atoms with Crippen molar-refractivity contribution < 1.29 is 4.79 Å². The highest BCUT2D eigenvalue weighted by molar-refractivity contribution is 6.33. The van der Waals surface area contributed by atoms with Gasteiger partial charge in [0, 0.05) is 5.56 Å². The summed E-state index contributed by atoms with van der Waals surface area (Å²) in [6.07, 6.45) is 4.83. The van der Waals surface area contributed by atoms with E-state index in [0.717, 1.165) is 34.7 Å². The first-order valence-corrected chi connectivity index (χ1v) is 5.44. The number of carbonyl (C=O) groups is 1. The second kappa shape index (κ2) is 3.11. The first-order chi connectivity index (χ1) is 7.25. The SMILES string of the molecule is O=C1Cc2ccc(Cl)c(C3=CCC3)c2N1. The van der Waals surface area contributed by atoms with Crippen molar-refractivity contribution in [2.45, 2.75) is 19.3 Å². The van der Waals surface area contributed by atoms with E-state index in [1.807, 2.05) is 12.1 Å². The molecule has 1 aliphatic carbocycles. The van der Waals surface area contributed by atoms with Crippen molar-refractivity contribution in [1.82, 2.24) is 0 Å². The van der Waals surface area contributed by atoms with E-state index in [1.54, 1.807) is 0 Å². The van der Waals surface area contributed by atoms with Gasteiger partial charge in [0.05, 0.1) is 17.1 Å². The van der Waals surface area contributed by atoms with Gasteiger partial charge in [0.15, 0.2) is 0 Å². The van der Waals surface area contributed by atoms with Crippen molar-refractivity contribution >= 4 is 28.8 Å².